The van der Waals surface area contributed by atoms with Crippen LogP contribution in [0.5, 0.6) is 0 Å². The van der Waals surface area contributed by atoms with Crippen LogP contribution in [-0.2, 0) is 13.4 Å². The third-order valence-electron chi connectivity index (χ3n) is 0. The number of hydrogen-bond donors (Lipinski definition) is 0. The van der Waals surface area contributed by atoms with E-state index in [2.05, 4.69) is 0 Å². The summed E-state index contributed by atoms with van der Waals surface area (Å²) in [5.74, 6) is 0. The van der Waals surface area contributed by atoms with E-state index in [1.807, 2.05) is 0 Å². The van der Waals surface area contributed by atoms with Crippen LogP contribution in [0.15, 0.2) is 0 Å². The van der Waals surface area contributed by atoms with Crippen molar-refractivity contribution in [1.29, 1.82) is 0 Å². The van der Waals surface area contributed by atoms with E-state index in [1.165, 1.54) is 0 Å². The van der Waals surface area contributed by atoms with E-state index in [0.29, 0.717) is 0 Å². The van der Waals surface area contributed by atoms with Crippen LogP contribution in [0.4, 0.5) is 0 Å². The molecule has 0 aliphatic carbocycles. The smallest absolute Gasteiger partial charge is 0.672 e. The summed E-state index contributed by atoms with van der Waals surface area (Å²) in [5.41, 5.74) is 0. The Labute approximate surface area is 130 Å². The Hall–Kier alpha value is 0.909. The zero-order chi connectivity index (χ0) is 10.7. The minimum absolute atomic E-state index is 0. The van der Waals surface area contributed by atoms with E-state index >= 15 is 0 Å². The molecule has 0 amide bonds. The van der Waals surface area contributed by atoms with E-state index in [9.17, 15) is 0 Å². The van der Waals surface area contributed by atoms with Crippen LogP contribution in [0.1, 0.15) is 0 Å². The largest absolute Gasteiger partial charge is 4.00 e. The average Bonchev–Trinajstić information content (AvgIpc) is 1.54. The van der Waals surface area contributed by atoms with Crippen LogP contribution in [0, 0.1) is 0 Å². The Bertz CT molecular complexity index is 118. The normalized spacial score (nSPS) is 5.14. The van der Waals surface area contributed by atoms with Gasteiger partial charge in [-0.3, -0.25) is 0 Å². The molecule has 0 aromatic heterocycles. The molecular formula is CaO9Si3Sn. The Balaban J connectivity index is -0.0000000270. The molecule has 0 aromatic carbocycles. The molecule has 0 saturated carbocycles. The van der Waals surface area contributed by atoms with E-state index in [1.54, 1.807) is 0 Å². The maximum Gasteiger partial charge on any atom is 4.00 e. The van der Waals surface area contributed by atoms with Crippen molar-refractivity contribution < 1.29 is 42.2 Å². The molecule has 0 rings (SSSR count). The molecule has 9 nitrogen and oxygen atoms in total. The molecule has 0 radical (unpaired) electrons. The summed E-state index contributed by atoms with van der Waals surface area (Å²) in [5, 5.41) is 0. The van der Waals surface area contributed by atoms with Crippen LogP contribution in [-0.4, -0.2) is 89.2 Å². The van der Waals surface area contributed by atoms with Gasteiger partial charge in [0, 0.05) is 27.5 Å². The maximum atomic E-state index is 8.52. The van der Waals surface area contributed by atoms with E-state index in [0.717, 1.165) is 0 Å². The standard InChI is InChI=1S/Ca.3O3Si.Sn/c;3*1-4(2)3;/q+2;3*-2;+4. The molecule has 0 aromatic rings. The second kappa shape index (κ2) is 23.6. The van der Waals surface area contributed by atoms with Gasteiger partial charge < -0.3 is 42.2 Å². The molecule has 0 aliphatic rings. The van der Waals surface area contributed by atoms with E-state index in [4.69, 9.17) is 42.2 Å². The van der Waals surface area contributed by atoms with Crippen molar-refractivity contribution in [1.82, 2.24) is 0 Å². The third-order valence-corrected chi connectivity index (χ3v) is 0. The fraction of sp³-hybridized carbons (Fsp3) is 0. The molecule has 0 saturated heterocycles. The van der Waals surface area contributed by atoms with Crippen molar-refractivity contribution in [2.75, 3.05) is 0 Å². The first-order valence-corrected chi connectivity index (χ1v) is 5.51. The molecule has 0 heterocycles. The van der Waals surface area contributed by atoms with Crippen molar-refractivity contribution in [2.24, 2.45) is 0 Å². The first kappa shape index (κ1) is 29.4. The van der Waals surface area contributed by atoms with Gasteiger partial charge in [0.2, 0.25) is 0 Å². The zero-order valence-corrected chi connectivity index (χ0v) is 14.4. The van der Waals surface area contributed by atoms with Crippen LogP contribution < -0.4 is 28.8 Å². The van der Waals surface area contributed by atoms with Gasteiger partial charge in [0.1, 0.15) is 0 Å². The molecule has 0 unspecified atom stereocenters. The van der Waals surface area contributed by atoms with Gasteiger partial charge in [-0.25, -0.2) is 0 Å². The Kier molecular flexibility index (Phi) is 49.5. The summed E-state index contributed by atoms with van der Waals surface area (Å²) >= 11 is 0. The molecule has 14 heteroatoms. The first-order valence-electron chi connectivity index (χ1n) is 1.84. The van der Waals surface area contributed by atoms with Crippen molar-refractivity contribution in [3.8, 4) is 0 Å². The number of rotatable bonds is 0. The summed E-state index contributed by atoms with van der Waals surface area (Å²) in [6, 6.07) is 0. The summed E-state index contributed by atoms with van der Waals surface area (Å²) in [4.78, 5) is 51.1. The molecule has 0 N–H and O–H groups in total. The van der Waals surface area contributed by atoms with E-state index in [-0.39, 0.29) is 61.6 Å². The zero-order valence-electron chi connectivity index (χ0n) is 6.38. The second-order valence-corrected chi connectivity index (χ2v) is 2.25. The molecule has 14 heavy (non-hydrogen) atoms. The molecule has 0 fully saturated rings. The quantitative estimate of drug-likeness (QED) is 0.363. The van der Waals surface area contributed by atoms with Crippen LogP contribution in [0.25, 0.3) is 0 Å². The first-order chi connectivity index (χ1) is 5.20. The molecular weight excluding hydrogens is 387 g/mol. The minimum atomic E-state index is -3.63. The monoisotopic (exact) mass is 388 g/mol. The van der Waals surface area contributed by atoms with Gasteiger partial charge in [-0.1, -0.05) is 0 Å². The second-order valence-electron chi connectivity index (χ2n) is 0.750. The Morgan fingerprint density at radius 2 is 0.571 bits per heavy atom. The van der Waals surface area contributed by atoms with Crippen LogP contribution in [0.2, 0.25) is 0 Å². The van der Waals surface area contributed by atoms with Gasteiger partial charge in [0.05, 0.1) is 0 Å². The van der Waals surface area contributed by atoms with Gasteiger partial charge in [-0.2, -0.15) is 0 Å². The predicted octanol–water partition coefficient (Wildman–Crippen LogP) is -9.39. The predicted molar refractivity (Wildman–Crippen MR) is 30.8 cm³/mol. The van der Waals surface area contributed by atoms with Crippen molar-refractivity contribution >= 4 is 89.2 Å². The van der Waals surface area contributed by atoms with Crippen LogP contribution >= 0.6 is 0 Å². The fourth-order valence-electron chi connectivity index (χ4n) is 0. The summed E-state index contributed by atoms with van der Waals surface area (Å²) in [6.45, 7) is 0. The molecule has 0 aliphatic heterocycles. The summed E-state index contributed by atoms with van der Waals surface area (Å²) < 4.78 is 25.6. The van der Waals surface area contributed by atoms with Gasteiger partial charge in [0.15, 0.2) is 0 Å². The van der Waals surface area contributed by atoms with Gasteiger partial charge in [-0.15, -0.1) is 0 Å². The molecule has 0 bridgehead atoms. The Morgan fingerprint density at radius 3 is 0.571 bits per heavy atom. The summed E-state index contributed by atoms with van der Waals surface area (Å²) in [7, 11) is -10.9. The van der Waals surface area contributed by atoms with E-state index < -0.39 is 27.5 Å². The Morgan fingerprint density at radius 1 is 0.571 bits per heavy atom. The molecule has 72 valence electrons. The molecule has 0 spiro atoms. The van der Waals surface area contributed by atoms with Crippen molar-refractivity contribution in [3.63, 3.8) is 0 Å². The third kappa shape index (κ3) is 2220. The average molecular weight is 387 g/mol. The minimum Gasteiger partial charge on any atom is -0.672 e. The fourth-order valence-corrected chi connectivity index (χ4v) is 0. The topological polar surface area (TPSA) is 190 Å². The van der Waals surface area contributed by atoms with Gasteiger partial charge >= 0.3 is 61.6 Å². The SMILES string of the molecule is O=[Si]([O-])[O-].O=[Si]([O-])[O-].O=[Si]([O-])[O-].[Ca+2].[Sn+4]. The van der Waals surface area contributed by atoms with Crippen molar-refractivity contribution in [2.45, 2.75) is 0 Å². The number of hydrogen-bond acceptors (Lipinski definition) is 9. The van der Waals surface area contributed by atoms with Gasteiger partial charge in [0.25, 0.3) is 0 Å². The maximum absolute atomic E-state index is 8.52. The van der Waals surface area contributed by atoms with Crippen molar-refractivity contribution in [3.05, 3.63) is 0 Å². The summed E-state index contributed by atoms with van der Waals surface area (Å²) in [6.07, 6.45) is 0. The van der Waals surface area contributed by atoms with Crippen LogP contribution in [0.3, 0.4) is 0 Å². The van der Waals surface area contributed by atoms with Gasteiger partial charge in [-0.05, 0) is 0 Å². The molecule has 0 atom stereocenters.